The molecule has 0 aromatic heterocycles. The minimum Gasteiger partial charge on any atom is -0.353 e. The number of hydrogen-bond acceptors (Lipinski definition) is 2. The first-order chi connectivity index (χ1) is 6.58. The molecular formula is C11H23ClN2O. The summed E-state index contributed by atoms with van der Waals surface area (Å²) >= 11 is 0. The molecule has 0 spiro atoms. The lowest BCUT2D eigenvalue weighted by Crippen LogP contribution is -2.40. The van der Waals surface area contributed by atoms with Crippen molar-refractivity contribution in [2.75, 3.05) is 0 Å². The molecule has 15 heavy (non-hydrogen) atoms. The van der Waals surface area contributed by atoms with Crippen LogP contribution in [-0.4, -0.2) is 18.0 Å². The van der Waals surface area contributed by atoms with Crippen molar-refractivity contribution >= 4 is 18.3 Å². The van der Waals surface area contributed by atoms with Crippen LogP contribution in [0, 0.1) is 5.92 Å². The van der Waals surface area contributed by atoms with Crippen LogP contribution in [0.5, 0.6) is 0 Å². The molecule has 0 saturated heterocycles. The van der Waals surface area contributed by atoms with Crippen LogP contribution in [0.1, 0.15) is 46.0 Å². The highest BCUT2D eigenvalue weighted by molar-refractivity contribution is 5.85. The van der Waals surface area contributed by atoms with E-state index in [9.17, 15) is 4.79 Å². The van der Waals surface area contributed by atoms with E-state index in [1.807, 2.05) is 0 Å². The van der Waals surface area contributed by atoms with Gasteiger partial charge in [0.25, 0.3) is 0 Å². The Morgan fingerprint density at radius 1 is 1.33 bits per heavy atom. The first-order valence-electron chi connectivity index (χ1n) is 5.63. The van der Waals surface area contributed by atoms with E-state index < -0.39 is 0 Å². The molecule has 0 aromatic rings. The summed E-state index contributed by atoms with van der Waals surface area (Å²) in [6.45, 7) is 4.13. The maximum absolute atomic E-state index is 11.5. The molecule has 0 aromatic carbocycles. The fourth-order valence-electron chi connectivity index (χ4n) is 1.92. The van der Waals surface area contributed by atoms with E-state index in [0.717, 1.165) is 25.7 Å². The van der Waals surface area contributed by atoms with Crippen molar-refractivity contribution in [1.29, 1.82) is 0 Å². The van der Waals surface area contributed by atoms with Crippen molar-refractivity contribution < 1.29 is 4.79 Å². The van der Waals surface area contributed by atoms with Crippen LogP contribution >= 0.6 is 12.4 Å². The van der Waals surface area contributed by atoms with Gasteiger partial charge in [-0.05, 0) is 31.6 Å². The van der Waals surface area contributed by atoms with Crippen molar-refractivity contribution in [3.8, 4) is 0 Å². The van der Waals surface area contributed by atoms with Gasteiger partial charge in [-0.15, -0.1) is 12.4 Å². The molecule has 90 valence electrons. The van der Waals surface area contributed by atoms with Crippen molar-refractivity contribution in [2.45, 2.75) is 58.0 Å². The number of amides is 1. The third kappa shape index (κ3) is 6.00. The van der Waals surface area contributed by atoms with E-state index >= 15 is 0 Å². The van der Waals surface area contributed by atoms with Crippen molar-refractivity contribution in [1.82, 2.24) is 5.32 Å². The summed E-state index contributed by atoms with van der Waals surface area (Å²) in [4.78, 5) is 11.5. The zero-order valence-corrected chi connectivity index (χ0v) is 10.5. The van der Waals surface area contributed by atoms with Gasteiger partial charge in [0.2, 0.25) is 5.91 Å². The molecule has 0 aliphatic heterocycles. The Bertz CT molecular complexity index is 189. The molecule has 1 aliphatic carbocycles. The molecule has 1 aliphatic rings. The molecule has 4 heteroatoms. The van der Waals surface area contributed by atoms with Gasteiger partial charge in [-0.2, -0.15) is 0 Å². The predicted octanol–water partition coefficient (Wildman–Crippen LogP) is 1.84. The summed E-state index contributed by atoms with van der Waals surface area (Å²) in [5.74, 6) is 0.640. The minimum atomic E-state index is 0. The highest BCUT2D eigenvalue weighted by Gasteiger charge is 2.19. The second kappa shape index (κ2) is 7.07. The van der Waals surface area contributed by atoms with Gasteiger partial charge in [-0.3, -0.25) is 4.79 Å². The van der Waals surface area contributed by atoms with E-state index in [1.165, 1.54) is 0 Å². The summed E-state index contributed by atoms with van der Waals surface area (Å²) in [6.07, 6.45) is 4.83. The first-order valence-corrected chi connectivity index (χ1v) is 5.63. The maximum Gasteiger partial charge on any atom is 0.220 e. The predicted molar refractivity (Wildman–Crippen MR) is 65.1 cm³/mol. The molecule has 1 saturated carbocycles. The first kappa shape index (κ1) is 14.7. The number of carbonyl (C=O) groups is 1. The van der Waals surface area contributed by atoms with Crippen LogP contribution in [0.2, 0.25) is 0 Å². The molecule has 1 rings (SSSR count). The minimum absolute atomic E-state index is 0. The topological polar surface area (TPSA) is 55.1 Å². The monoisotopic (exact) mass is 234 g/mol. The molecular weight excluding hydrogens is 212 g/mol. The Labute approximate surface area is 98.6 Å². The van der Waals surface area contributed by atoms with E-state index in [4.69, 9.17) is 5.73 Å². The molecule has 3 nitrogen and oxygen atoms in total. The molecule has 0 heterocycles. The standard InChI is InChI=1S/C11H22N2O.ClH/c1-8(2)7-11(14)13-10-5-3-9(12)4-6-10;/h8-10H,3-7,12H2,1-2H3,(H,13,14);1H. The Balaban J connectivity index is 0.00000196. The van der Waals surface area contributed by atoms with E-state index in [2.05, 4.69) is 19.2 Å². The summed E-state index contributed by atoms with van der Waals surface area (Å²) in [5.41, 5.74) is 5.80. The Kier molecular flexibility index (Phi) is 6.94. The van der Waals surface area contributed by atoms with Gasteiger partial charge in [0.1, 0.15) is 0 Å². The molecule has 3 N–H and O–H groups in total. The van der Waals surface area contributed by atoms with Crippen LogP contribution in [0.15, 0.2) is 0 Å². The van der Waals surface area contributed by atoms with Gasteiger partial charge in [-0.1, -0.05) is 13.8 Å². The van der Waals surface area contributed by atoms with Crippen LogP contribution in [0.25, 0.3) is 0 Å². The zero-order chi connectivity index (χ0) is 10.6. The lowest BCUT2D eigenvalue weighted by Gasteiger charge is -2.27. The number of halogens is 1. The quantitative estimate of drug-likeness (QED) is 0.783. The number of rotatable bonds is 3. The van der Waals surface area contributed by atoms with Gasteiger partial charge in [0.15, 0.2) is 0 Å². The summed E-state index contributed by atoms with van der Waals surface area (Å²) < 4.78 is 0. The van der Waals surface area contributed by atoms with Crippen LogP contribution in [0.4, 0.5) is 0 Å². The third-order valence-electron chi connectivity index (χ3n) is 2.73. The highest BCUT2D eigenvalue weighted by atomic mass is 35.5. The molecule has 0 unspecified atom stereocenters. The normalized spacial score (nSPS) is 25.9. The fraction of sp³-hybridized carbons (Fsp3) is 0.909. The summed E-state index contributed by atoms with van der Waals surface area (Å²) in [6, 6.07) is 0.731. The maximum atomic E-state index is 11.5. The number of hydrogen-bond donors (Lipinski definition) is 2. The smallest absolute Gasteiger partial charge is 0.220 e. The van der Waals surface area contributed by atoms with Gasteiger partial charge < -0.3 is 11.1 Å². The SMILES string of the molecule is CC(C)CC(=O)NC1CCC(N)CC1.Cl. The Morgan fingerprint density at radius 2 is 1.87 bits per heavy atom. The summed E-state index contributed by atoms with van der Waals surface area (Å²) in [7, 11) is 0. The summed E-state index contributed by atoms with van der Waals surface area (Å²) in [5, 5.41) is 3.08. The highest BCUT2D eigenvalue weighted by Crippen LogP contribution is 2.17. The van der Waals surface area contributed by atoms with Crippen molar-refractivity contribution in [3.63, 3.8) is 0 Å². The molecule has 0 radical (unpaired) electrons. The average molecular weight is 235 g/mol. The Morgan fingerprint density at radius 3 is 2.33 bits per heavy atom. The second-order valence-electron chi connectivity index (χ2n) is 4.78. The molecule has 0 bridgehead atoms. The van der Waals surface area contributed by atoms with Crippen LogP contribution in [0.3, 0.4) is 0 Å². The molecule has 1 amide bonds. The molecule has 0 atom stereocenters. The van der Waals surface area contributed by atoms with E-state index in [-0.39, 0.29) is 18.3 Å². The lowest BCUT2D eigenvalue weighted by molar-refractivity contribution is -0.122. The molecule has 1 fully saturated rings. The van der Waals surface area contributed by atoms with Crippen molar-refractivity contribution in [2.24, 2.45) is 11.7 Å². The van der Waals surface area contributed by atoms with Gasteiger partial charge in [0, 0.05) is 18.5 Å². The number of nitrogens with one attached hydrogen (secondary N) is 1. The van der Waals surface area contributed by atoms with Gasteiger partial charge in [-0.25, -0.2) is 0 Å². The van der Waals surface area contributed by atoms with Gasteiger partial charge >= 0.3 is 0 Å². The second-order valence-corrected chi connectivity index (χ2v) is 4.78. The van der Waals surface area contributed by atoms with Gasteiger partial charge in [0.05, 0.1) is 0 Å². The van der Waals surface area contributed by atoms with Crippen LogP contribution in [-0.2, 0) is 4.79 Å². The lowest BCUT2D eigenvalue weighted by atomic mass is 9.91. The third-order valence-corrected chi connectivity index (χ3v) is 2.73. The van der Waals surface area contributed by atoms with Crippen LogP contribution < -0.4 is 11.1 Å². The Hall–Kier alpha value is -0.280. The fourth-order valence-corrected chi connectivity index (χ4v) is 1.92. The van der Waals surface area contributed by atoms with Crippen molar-refractivity contribution in [3.05, 3.63) is 0 Å². The largest absolute Gasteiger partial charge is 0.353 e. The van der Waals surface area contributed by atoms with E-state index in [1.54, 1.807) is 0 Å². The zero-order valence-electron chi connectivity index (χ0n) is 9.66. The number of carbonyl (C=O) groups excluding carboxylic acids is 1. The number of nitrogens with two attached hydrogens (primary N) is 1. The van der Waals surface area contributed by atoms with E-state index in [0.29, 0.717) is 24.4 Å². The average Bonchev–Trinajstić information content (AvgIpc) is 2.07.